The number of quaternary nitrogens is 1. The first kappa shape index (κ1) is 33.6. The van der Waals surface area contributed by atoms with Crippen molar-refractivity contribution in [2.24, 2.45) is 0 Å². The maximum atomic E-state index is 12.1. The average molecular weight is 507 g/mol. The predicted octanol–water partition coefficient (Wildman–Crippen LogP) is 6.31. The molecule has 0 heterocycles. The molecule has 0 bridgehead atoms. The fourth-order valence-corrected chi connectivity index (χ4v) is 5.40. The first-order chi connectivity index (χ1) is 16.3. The Hall–Kier alpha value is -0.420. The molecule has 0 aliphatic carbocycles. The Labute approximate surface area is 211 Å². The van der Waals surface area contributed by atoms with Crippen molar-refractivity contribution in [3.63, 3.8) is 0 Å². The first-order valence-corrected chi connectivity index (χ1v) is 16.0. The Balaban J connectivity index is 3.65. The molecule has 0 saturated carbocycles. The zero-order valence-corrected chi connectivity index (χ0v) is 23.8. The van der Waals surface area contributed by atoms with Crippen molar-refractivity contribution in [2.75, 3.05) is 33.4 Å². The summed E-state index contributed by atoms with van der Waals surface area (Å²) in [5.74, 6) is -0.369. The van der Waals surface area contributed by atoms with E-state index in [1.807, 2.05) is 14.1 Å². The predicted molar refractivity (Wildman–Crippen MR) is 143 cm³/mol. The number of unbranched alkanes of at least 4 members (excludes halogenated alkanes) is 16. The Kier molecular flexibility index (Phi) is 22.7. The van der Waals surface area contributed by atoms with Crippen molar-refractivity contribution in [2.45, 2.75) is 136 Å². The molecule has 0 aliphatic rings. The van der Waals surface area contributed by atoms with Crippen molar-refractivity contribution in [1.82, 2.24) is 0 Å². The van der Waals surface area contributed by atoms with Gasteiger partial charge in [0, 0.05) is 6.92 Å². The molecule has 0 amide bonds. The van der Waals surface area contributed by atoms with E-state index in [0.717, 1.165) is 17.7 Å². The average Bonchev–Trinajstić information content (AvgIpc) is 2.78. The minimum atomic E-state index is -3.63. The zero-order chi connectivity index (χ0) is 25.5. The highest BCUT2D eigenvalue weighted by Gasteiger charge is 2.24. The standard InChI is InChI=1S/C27H56NO5P/c1-5-6-7-8-9-10-11-12-13-14-15-16-17-18-19-20-21-22-27(33-26(2)29)25-32-34(30,31)24-23-28(3)4/h27H,5-25H2,1-4H3,(H,30,31)/p+1. The van der Waals surface area contributed by atoms with Crippen molar-refractivity contribution in [1.29, 1.82) is 0 Å². The van der Waals surface area contributed by atoms with Crippen LogP contribution in [-0.2, 0) is 18.6 Å². The molecule has 6 nitrogen and oxygen atoms in total. The summed E-state index contributed by atoms with van der Waals surface area (Å²) in [6, 6.07) is 0. The third-order valence-electron chi connectivity index (χ3n) is 6.32. The van der Waals surface area contributed by atoms with Gasteiger partial charge < -0.3 is 19.1 Å². The molecular weight excluding hydrogens is 449 g/mol. The molecular formula is C27H57NO5P+. The van der Waals surface area contributed by atoms with Gasteiger partial charge >= 0.3 is 13.6 Å². The SMILES string of the molecule is CCCCCCCCCCCCCCCCCCCC(COP(=O)(O)CC[NH+](C)C)OC(C)=O. The van der Waals surface area contributed by atoms with Crippen LogP contribution in [0.4, 0.5) is 0 Å². The molecule has 0 aliphatic heterocycles. The number of ether oxygens (including phenoxy) is 1. The van der Waals surface area contributed by atoms with Gasteiger partial charge in [0.05, 0.1) is 33.4 Å². The second-order valence-electron chi connectivity index (χ2n) is 10.3. The van der Waals surface area contributed by atoms with Crippen LogP contribution in [0.1, 0.15) is 129 Å². The van der Waals surface area contributed by atoms with E-state index in [0.29, 0.717) is 13.0 Å². The van der Waals surface area contributed by atoms with Gasteiger partial charge in [0.1, 0.15) is 6.10 Å². The van der Waals surface area contributed by atoms with E-state index in [4.69, 9.17) is 9.26 Å². The van der Waals surface area contributed by atoms with E-state index in [9.17, 15) is 14.3 Å². The smallest absolute Gasteiger partial charge is 0.333 e. The molecule has 0 aromatic heterocycles. The quantitative estimate of drug-likeness (QED) is 0.0862. The Morgan fingerprint density at radius 3 is 1.59 bits per heavy atom. The van der Waals surface area contributed by atoms with Crippen molar-refractivity contribution in [3.05, 3.63) is 0 Å². The van der Waals surface area contributed by atoms with Crippen molar-refractivity contribution >= 4 is 13.6 Å². The minimum Gasteiger partial charge on any atom is -0.460 e. The second-order valence-corrected chi connectivity index (χ2v) is 12.3. The van der Waals surface area contributed by atoms with Gasteiger partial charge in [-0.2, -0.15) is 0 Å². The summed E-state index contributed by atoms with van der Waals surface area (Å²) < 4.78 is 22.7. The summed E-state index contributed by atoms with van der Waals surface area (Å²) in [5.41, 5.74) is 0. The molecule has 0 saturated heterocycles. The van der Waals surface area contributed by atoms with Crippen molar-refractivity contribution < 1.29 is 28.4 Å². The normalized spacial score (nSPS) is 14.3. The van der Waals surface area contributed by atoms with Crippen LogP contribution in [0.2, 0.25) is 0 Å². The molecule has 0 aromatic rings. The Bertz CT molecular complexity index is 515. The number of carbonyl (C=O) groups is 1. The molecule has 2 atom stereocenters. The molecule has 0 aromatic carbocycles. The summed E-state index contributed by atoms with van der Waals surface area (Å²) in [6.07, 6.45) is 22.8. The third-order valence-corrected chi connectivity index (χ3v) is 7.66. The van der Waals surface area contributed by atoms with Crippen LogP contribution in [0, 0.1) is 0 Å². The number of hydrogen-bond donors (Lipinski definition) is 2. The van der Waals surface area contributed by atoms with Crippen molar-refractivity contribution in [3.8, 4) is 0 Å². The van der Waals surface area contributed by atoms with E-state index in [-0.39, 0.29) is 18.7 Å². The van der Waals surface area contributed by atoms with E-state index in [2.05, 4.69) is 6.92 Å². The molecule has 0 fully saturated rings. The van der Waals surface area contributed by atoms with Crippen LogP contribution in [0.15, 0.2) is 0 Å². The van der Waals surface area contributed by atoms with E-state index in [1.165, 1.54) is 103 Å². The van der Waals surface area contributed by atoms with Crippen LogP contribution >= 0.6 is 7.60 Å². The van der Waals surface area contributed by atoms with Crippen LogP contribution in [-0.4, -0.2) is 50.4 Å². The Morgan fingerprint density at radius 2 is 1.21 bits per heavy atom. The number of nitrogens with one attached hydrogen (secondary N) is 1. The lowest BCUT2D eigenvalue weighted by molar-refractivity contribution is -0.855. The van der Waals surface area contributed by atoms with Gasteiger partial charge in [-0.15, -0.1) is 0 Å². The topological polar surface area (TPSA) is 77.3 Å². The van der Waals surface area contributed by atoms with E-state index in [1.54, 1.807) is 0 Å². The second kappa shape index (κ2) is 23.0. The number of rotatable bonds is 25. The first-order valence-electron chi connectivity index (χ1n) is 14.2. The molecule has 2 unspecified atom stereocenters. The summed E-state index contributed by atoms with van der Waals surface area (Å²) in [4.78, 5) is 22.4. The van der Waals surface area contributed by atoms with E-state index >= 15 is 0 Å². The summed E-state index contributed by atoms with van der Waals surface area (Å²) in [6.45, 7) is 4.20. The summed E-state index contributed by atoms with van der Waals surface area (Å²) >= 11 is 0. The van der Waals surface area contributed by atoms with Crippen LogP contribution in [0.3, 0.4) is 0 Å². The highest BCUT2D eigenvalue weighted by atomic mass is 31.2. The summed E-state index contributed by atoms with van der Waals surface area (Å²) in [5, 5.41) is 0. The lowest BCUT2D eigenvalue weighted by atomic mass is 10.0. The van der Waals surface area contributed by atoms with Gasteiger partial charge in [0.25, 0.3) is 0 Å². The molecule has 0 spiro atoms. The monoisotopic (exact) mass is 506 g/mol. The fourth-order valence-electron chi connectivity index (χ4n) is 4.14. The van der Waals surface area contributed by atoms with Gasteiger partial charge in [-0.1, -0.05) is 110 Å². The zero-order valence-electron chi connectivity index (χ0n) is 23.0. The number of esters is 1. The number of carbonyl (C=O) groups excluding carboxylic acids is 1. The van der Waals surface area contributed by atoms with Gasteiger partial charge in [-0.05, 0) is 12.8 Å². The largest absolute Gasteiger partial charge is 0.460 e. The molecule has 0 rings (SSSR count). The molecule has 7 heteroatoms. The van der Waals surface area contributed by atoms with Gasteiger partial charge in [-0.3, -0.25) is 9.36 Å². The molecule has 0 radical (unpaired) electrons. The van der Waals surface area contributed by atoms with Crippen LogP contribution < -0.4 is 4.90 Å². The van der Waals surface area contributed by atoms with Gasteiger partial charge in [0.15, 0.2) is 0 Å². The lowest BCUT2D eigenvalue weighted by Crippen LogP contribution is -3.06. The van der Waals surface area contributed by atoms with Gasteiger partial charge in [-0.25, -0.2) is 0 Å². The highest BCUT2D eigenvalue weighted by Crippen LogP contribution is 2.41. The van der Waals surface area contributed by atoms with Crippen LogP contribution in [0.25, 0.3) is 0 Å². The highest BCUT2D eigenvalue weighted by molar-refractivity contribution is 7.52. The third kappa shape index (κ3) is 24.7. The maximum absolute atomic E-state index is 12.1. The minimum absolute atomic E-state index is 0.00498. The maximum Gasteiger partial charge on any atom is 0.333 e. The van der Waals surface area contributed by atoms with E-state index < -0.39 is 13.7 Å². The van der Waals surface area contributed by atoms with Gasteiger partial charge in [0.2, 0.25) is 0 Å². The molecule has 204 valence electrons. The number of hydrogen-bond acceptors (Lipinski definition) is 4. The summed E-state index contributed by atoms with van der Waals surface area (Å²) in [7, 11) is 0.227. The molecule has 2 N–H and O–H groups in total. The van der Waals surface area contributed by atoms with Crippen LogP contribution in [0.5, 0.6) is 0 Å². The molecule has 34 heavy (non-hydrogen) atoms. The Morgan fingerprint density at radius 1 is 0.794 bits per heavy atom. The lowest BCUT2D eigenvalue weighted by Gasteiger charge is -2.19. The fraction of sp³-hybridized carbons (Fsp3) is 0.963.